The van der Waals surface area contributed by atoms with Crippen LogP contribution in [0.1, 0.15) is 25.8 Å². The van der Waals surface area contributed by atoms with Gasteiger partial charge in [0.05, 0.1) is 10.9 Å². The standard InChI is InChI=1S/C23H31N3O3S/c1-19(13-14-21-9-5-3-6-10-21)24-23(27)20(2)25-15-17-26(18-16-25)30(28,29)22-11-7-4-8-12-22/h3-12,19-20H,13-18H2,1-2H3,(H,24,27). The highest BCUT2D eigenvalue weighted by Crippen LogP contribution is 2.18. The first-order chi connectivity index (χ1) is 14.4. The van der Waals surface area contributed by atoms with Crippen molar-refractivity contribution in [2.24, 2.45) is 0 Å². The lowest BCUT2D eigenvalue weighted by Crippen LogP contribution is -2.55. The summed E-state index contributed by atoms with van der Waals surface area (Å²) in [6.45, 7) is 5.77. The molecule has 0 radical (unpaired) electrons. The molecule has 2 aromatic rings. The normalized spacial score (nSPS) is 17.9. The number of aryl methyl sites for hydroxylation is 1. The molecule has 7 heteroatoms. The SMILES string of the molecule is CC(CCc1ccccc1)NC(=O)C(C)N1CCN(S(=O)(=O)c2ccccc2)CC1. The van der Waals surface area contributed by atoms with Crippen LogP contribution in [0.5, 0.6) is 0 Å². The Balaban J connectivity index is 1.47. The number of piperazine rings is 1. The number of carbonyl (C=O) groups excluding carboxylic acids is 1. The summed E-state index contributed by atoms with van der Waals surface area (Å²) in [5.41, 5.74) is 1.27. The smallest absolute Gasteiger partial charge is 0.243 e. The minimum Gasteiger partial charge on any atom is -0.352 e. The number of hydrogen-bond donors (Lipinski definition) is 1. The fourth-order valence-electron chi connectivity index (χ4n) is 3.70. The largest absolute Gasteiger partial charge is 0.352 e. The maximum Gasteiger partial charge on any atom is 0.243 e. The molecule has 2 aromatic carbocycles. The molecule has 0 aliphatic carbocycles. The van der Waals surface area contributed by atoms with E-state index < -0.39 is 10.0 Å². The molecule has 0 aromatic heterocycles. The zero-order valence-corrected chi connectivity index (χ0v) is 18.5. The molecule has 0 saturated carbocycles. The van der Waals surface area contributed by atoms with Crippen molar-refractivity contribution in [3.63, 3.8) is 0 Å². The Bertz CT molecular complexity index is 911. The molecule has 30 heavy (non-hydrogen) atoms. The first-order valence-electron chi connectivity index (χ1n) is 10.5. The van der Waals surface area contributed by atoms with Crippen molar-refractivity contribution in [1.82, 2.24) is 14.5 Å². The molecule has 6 nitrogen and oxygen atoms in total. The van der Waals surface area contributed by atoms with Crippen molar-refractivity contribution in [3.8, 4) is 0 Å². The fourth-order valence-corrected chi connectivity index (χ4v) is 5.15. The number of benzene rings is 2. The van der Waals surface area contributed by atoms with Crippen molar-refractivity contribution in [3.05, 3.63) is 66.2 Å². The van der Waals surface area contributed by atoms with E-state index >= 15 is 0 Å². The Labute approximate surface area is 179 Å². The lowest BCUT2D eigenvalue weighted by molar-refractivity contribution is -0.127. The predicted octanol–water partition coefficient (Wildman–Crippen LogP) is 2.52. The molecule has 162 valence electrons. The highest BCUT2D eigenvalue weighted by molar-refractivity contribution is 7.89. The van der Waals surface area contributed by atoms with Crippen LogP contribution in [-0.4, -0.2) is 61.8 Å². The quantitative estimate of drug-likeness (QED) is 0.700. The summed E-state index contributed by atoms with van der Waals surface area (Å²) in [5.74, 6) is -0.00470. The van der Waals surface area contributed by atoms with Crippen molar-refractivity contribution in [2.45, 2.75) is 43.7 Å². The fraction of sp³-hybridized carbons (Fsp3) is 0.435. The number of sulfonamides is 1. The molecule has 1 heterocycles. The monoisotopic (exact) mass is 429 g/mol. The van der Waals surface area contributed by atoms with Gasteiger partial charge in [-0.05, 0) is 44.4 Å². The van der Waals surface area contributed by atoms with Gasteiger partial charge in [-0.25, -0.2) is 8.42 Å². The molecule has 1 aliphatic heterocycles. The van der Waals surface area contributed by atoms with E-state index in [-0.39, 0.29) is 18.0 Å². The van der Waals surface area contributed by atoms with E-state index in [0.29, 0.717) is 31.1 Å². The summed E-state index contributed by atoms with van der Waals surface area (Å²) >= 11 is 0. The molecule has 1 saturated heterocycles. The number of amides is 1. The maximum atomic E-state index is 12.8. The summed E-state index contributed by atoms with van der Waals surface area (Å²) in [4.78, 5) is 15.0. The Kier molecular flexibility index (Phi) is 7.64. The molecule has 2 unspecified atom stereocenters. The van der Waals surface area contributed by atoms with Crippen LogP contribution >= 0.6 is 0 Å². The lowest BCUT2D eigenvalue weighted by atomic mass is 10.1. The van der Waals surface area contributed by atoms with Crippen LogP contribution in [0, 0.1) is 0 Å². The van der Waals surface area contributed by atoms with Gasteiger partial charge in [0.15, 0.2) is 0 Å². The summed E-state index contributed by atoms with van der Waals surface area (Å²) in [6, 6.07) is 18.5. The summed E-state index contributed by atoms with van der Waals surface area (Å²) in [6.07, 6.45) is 1.80. The van der Waals surface area contributed by atoms with Gasteiger partial charge < -0.3 is 5.32 Å². The molecular weight excluding hydrogens is 398 g/mol. The Hall–Kier alpha value is -2.22. The average molecular weight is 430 g/mol. The second-order valence-electron chi connectivity index (χ2n) is 7.86. The van der Waals surface area contributed by atoms with Crippen LogP contribution in [0.25, 0.3) is 0 Å². The van der Waals surface area contributed by atoms with Crippen LogP contribution in [0.15, 0.2) is 65.6 Å². The molecule has 1 fully saturated rings. The third-order valence-corrected chi connectivity index (χ3v) is 7.59. The van der Waals surface area contributed by atoms with Gasteiger partial charge in [0.2, 0.25) is 15.9 Å². The second kappa shape index (κ2) is 10.2. The van der Waals surface area contributed by atoms with Crippen molar-refractivity contribution >= 4 is 15.9 Å². The molecular formula is C23H31N3O3S. The van der Waals surface area contributed by atoms with E-state index in [0.717, 1.165) is 12.8 Å². The second-order valence-corrected chi connectivity index (χ2v) is 9.80. The van der Waals surface area contributed by atoms with Crippen molar-refractivity contribution in [2.75, 3.05) is 26.2 Å². The summed E-state index contributed by atoms with van der Waals surface area (Å²) in [5, 5.41) is 3.10. The van der Waals surface area contributed by atoms with Gasteiger partial charge in [0.25, 0.3) is 0 Å². The van der Waals surface area contributed by atoms with Crippen molar-refractivity contribution in [1.29, 1.82) is 0 Å². The molecule has 1 aliphatic rings. The Morgan fingerprint density at radius 2 is 1.50 bits per heavy atom. The third-order valence-electron chi connectivity index (χ3n) is 5.68. The first-order valence-corrected chi connectivity index (χ1v) is 12.0. The Morgan fingerprint density at radius 3 is 2.10 bits per heavy atom. The van der Waals surface area contributed by atoms with Gasteiger partial charge in [-0.3, -0.25) is 9.69 Å². The van der Waals surface area contributed by atoms with Crippen LogP contribution in [0.2, 0.25) is 0 Å². The highest BCUT2D eigenvalue weighted by atomic mass is 32.2. The zero-order chi connectivity index (χ0) is 21.6. The Morgan fingerprint density at radius 1 is 0.933 bits per heavy atom. The first kappa shape index (κ1) is 22.5. The molecule has 1 amide bonds. The van der Waals surface area contributed by atoms with Gasteiger partial charge in [-0.1, -0.05) is 48.5 Å². The van der Waals surface area contributed by atoms with Gasteiger partial charge in [-0.2, -0.15) is 4.31 Å². The average Bonchev–Trinajstić information content (AvgIpc) is 2.78. The highest BCUT2D eigenvalue weighted by Gasteiger charge is 2.31. The van der Waals surface area contributed by atoms with E-state index in [9.17, 15) is 13.2 Å². The summed E-state index contributed by atoms with van der Waals surface area (Å²) < 4.78 is 27.0. The summed E-state index contributed by atoms with van der Waals surface area (Å²) in [7, 11) is -3.48. The van der Waals surface area contributed by atoms with Crippen LogP contribution in [0.3, 0.4) is 0 Å². The van der Waals surface area contributed by atoms with Gasteiger partial charge in [0.1, 0.15) is 0 Å². The van der Waals surface area contributed by atoms with E-state index in [4.69, 9.17) is 0 Å². The van der Waals surface area contributed by atoms with E-state index in [1.54, 1.807) is 30.3 Å². The third kappa shape index (κ3) is 5.68. The molecule has 0 spiro atoms. The van der Waals surface area contributed by atoms with E-state index in [1.807, 2.05) is 32.0 Å². The minimum atomic E-state index is -3.48. The van der Waals surface area contributed by atoms with Gasteiger partial charge in [-0.15, -0.1) is 0 Å². The number of carbonyl (C=O) groups is 1. The molecule has 0 bridgehead atoms. The number of nitrogens with zero attached hydrogens (tertiary/aromatic N) is 2. The van der Waals surface area contributed by atoms with Crippen molar-refractivity contribution < 1.29 is 13.2 Å². The van der Waals surface area contributed by atoms with Crippen LogP contribution in [-0.2, 0) is 21.2 Å². The minimum absolute atomic E-state index is 0.00470. The molecule has 1 N–H and O–H groups in total. The zero-order valence-electron chi connectivity index (χ0n) is 17.7. The number of hydrogen-bond acceptors (Lipinski definition) is 4. The van der Waals surface area contributed by atoms with E-state index in [1.165, 1.54) is 9.87 Å². The predicted molar refractivity (Wildman–Crippen MR) is 119 cm³/mol. The van der Waals surface area contributed by atoms with Gasteiger partial charge >= 0.3 is 0 Å². The topological polar surface area (TPSA) is 69.7 Å². The van der Waals surface area contributed by atoms with E-state index in [2.05, 4.69) is 22.3 Å². The number of rotatable bonds is 8. The van der Waals surface area contributed by atoms with Crippen LogP contribution < -0.4 is 5.32 Å². The maximum absolute atomic E-state index is 12.8. The molecule has 2 atom stereocenters. The molecule has 3 rings (SSSR count). The van der Waals surface area contributed by atoms with Gasteiger partial charge in [0, 0.05) is 32.2 Å². The number of nitrogens with one attached hydrogen (secondary N) is 1. The van der Waals surface area contributed by atoms with Crippen LogP contribution in [0.4, 0.5) is 0 Å². The lowest BCUT2D eigenvalue weighted by Gasteiger charge is -2.37.